The van der Waals surface area contributed by atoms with Crippen LogP contribution in [-0.4, -0.2) is 21.0 Å². The average molecular weight is 216 g/mol. The van der Waals surface area contributed by atoms with Crippen LogP contribution in [0.3, 0.4) is 0 Å². The monoisotopic (exact) mass is 216 g/mol. The maximum atomic E-state index is 10.8. The molecule has 0 saturated heterocycles. The minimum atomic E-state index is -0.828. The summed E-state index contributed by atoms with van der Waals surface area (Å²) in [7, 11) is 0. The van der Waals surface area contributed by atoms with Gasteiger partial charge in [-0.2, -0.15) is 0 Å². The summed E-state index contributed by atoms with van der Waals surface area (Å²) in [6, 6.07) is 9.52. The van der Waals surface area contributed by atoms with E-state index in [-0.39, 0.29) is 12.3 Å². The van der Waals surface area contributed by atoms with Crippen LogP contribution < -0.4 is 0 Å². The van der Waals surface area contributed by atoms with Crippen molar-refractivity contribution >= 4 is 5.97 Å². The second kappa shape index (κ2) is 4.61. The van der Waals surface area contributed by atoms with E-state index >= 15 is 0 Å². The molecule has 82 valence electrons. The van der Waals surface area contributed by atoms with Crippen LogP contribution in [0.1, 0.15) is 23.7 Å². The highest BCUT2D eigenvalue weighted by Crippen LogP contribution is 2.24. The van der Waals surface area contributed by atoms with E-state index in [0.29, 0.717) is 5.82 Å². The van der Waals surface area contributed by atoms with Crippen molar-refractivity contribution in [2.24, 2.45) is 0 Å². The van der Waals surface area contributed by atoms with E-state index in [4.69, 9.17) is 5.11 Å². The molecule has 0 radical (unpaired) electrons. The smallest absolute Gasteiger partial charge is 0.304 e. The van der Waals surface area contributed by atoms with Gasteiger partial charge in [0.1, 0.15) is 5.82 Å². The Balaban J connectivity index is 2.32. The molecule has 1 atom stereocenters. The van der Waals surface area contributed by atoms with Crippen molar-refractivity contribution < 1.29 is 9.90 Å². The molecular formula is C12H12N2O2. The molecule has 2 N–H and O–H groups in total. The third kappa shape index (κ3) is 2.28. The number of H-pyrrole nitrogens is 1. The van der Waals surface area contributed by atoms with Crippen molar-refractivity contribution in [2.45, 2.75) is 12.3 Å². The minimum absolute atomic E-state index is 0.0392. The van der Waals surface area contributed by atoms with Crippen LogP contribution in [0.4, 0.5) is 0 Å². The number of carbonyl (C=O) groups is 1. The van der Waals surface area contributed by atoms with E-state index in [9.17, 15) is 4.79 Å². The van der Waals surface area contributed by atoms with Gasteiger partial charge in [0.25, 0.3) is 0 Å². The summed E-state index contributed by atoms with van der Waals surface area (Å²) < 4.78 is 0. The second-order valence-corrected chi connectivity index (χ2v) is 3.54. The van der Waals surface area contributed by atoms with Gasteiger partial charge in [-0.1, -0.05) is 30.3 Å². The van der Waals surface area contributed by atoms with Crippen LogP contribution >= 0.6 is 0 Å². The van der Waals surface area contributed by atoms with E-state index < -0.39 is 5.97 Å². The van der Waals surface area contributed by atoms with E-state index in [1.807, 2.05) is 30.3 Å². The van der Waals surface area contributed by atoms with Gasteiger partial charge in [-0.15, -0.1) is 0 Å². The zero-order valence-corrected chi connectivity index (χ0v) is 8.63. The number of hydrogen-bond donors (Lipinski definition) is 2. The number of benzene rings is 1. The molecule has 0 aliphatic rings. The van der Waals surface area contributed by atoms with Gasteiger partial charge in [-0.3, -0.25) is 4.79 Å². The molecule has 2 aromatic rings. The molecule has 0 fully saturated rings. The molecule has 0 saturated carbocycles. The molecule has 0 bridgehead atoms. The number of carboxylic acid groups (broad SMARTS) is 1. The molecule has 0 unspecified atom stereocenters. The fraction of sp³-hybridized carbons (Fsp3) is 0.167. The average Bonchev–Trinajstić information content (AvgIpc) is 2.80. The van der Waals surface area contributed by atoms with E-state index in [1.165, 1.54) is 0 Å². The standard InChI is InChI=1S/C12H12N2O2/c15-11(16)8-10(12-13-6-7-14-12)9-4-2-1-3-5-9/h1-7,10H,8H2,(H,13,14)(H,15,16)/t10-/m0/s1. The third-order valence-corrected chi connectivity index (χ3v) is 2.43. The van der Waals surface area contributed by atoms with Gasteiger partial charge < -0.3 is 10.1 Å². The number of aliphatic carboxylic acids is 1. The first-order valence-electron chi connectivity index (χ1n) is 5.03. The number of carboxylic acids is 1. The lowest BCUT2D eigenvalue weighted by Crippen LogP contribution is -2.09. The number of imidazole rings is 1. The summed E-state index contributed by atoms with van der Waals surface area (Å²) in [5.41, 5.74) is 0.958. The Morgan fingerprint density at radius 1 is 1.38 bits per heavy atom. The molecular weight excluding hydrogens is 204 g/mol. The van der Waals surface area contributed by atoms with Crippen molar-refractivity contribution in [3.8, 4) is 0 Å². The predicted molar refractivity (Wildman–Crippen MR) is 59.1 cm³/mol. The first-order chi connectivity index (χ1) is 7.77. The summed E-state index contributed by atoms with van der Waals surface area (Å²) in [6.07, 6.45) is 3.37. The van der Waals surface area contributed by atoms with Crippen molar-refractivity contribution in [1.82, 2.24) is 9.97 Å². The van der Waals surface area contributed by atoms with Gasteiger partial charge in [-0.25, -0.2) is 4.98 Å². The van der Waals surface area contributed by atoms with Crippen molar-refractivity contribution in [3.05, 3.63) is 54.1 Å². The molecule has 2 rings (SSSR count). The molecule has 1 aromatic heterocycles. The molecule has 4 nitrogen and oxygen atoms in total. The summed E-state index contributed by atoms with van der Waals surface area (Å²) in [6.45, 7) is 0. The highest BCUT2D eigenvalue weighted by atomic mass is 16.4. The highest BCUT2D eigenvalue weighted by Gasteiger charge is 2.19. The molecule has 0 spiro atoms. The molecule has 0 amide bonds. The Kier molecular flexibility index (Phi) is 3.00. The molecule has 16 heavy (non-hydrogen) atoms. The lowest BCUT2D eigenvalue weighted by Gasteiger charge is -2.12. The second-order valence-electron chi connectivity index (χ2n) is 3.54. The van der Waals surface area contributed by atoms with Crippen LogP contribution in [0, 0.1) is 0 Å². The van der Waals surface area contributed by atoms with Crippen LogP contribution in [-0.2, 0) is 4.79 Å². The summed E-state index contributed by atoms with van der Waals surface area (Å²) in [4.78, 5) is 17.9. The summed E-state index contributed by atoms with van der Waals surface area (Å²) in [5.74, 6) is -0.354. The van der Waals surface area contributed by atoms with Crippen LogP contribution in [0.5, 0.6) is 0 Å². The Morgan fingerprint density at radius 3 is 2.69 bits per heavy atom. The largest absolute Gasteiger partial charge is 0.481 e. The topological polar surface area (TPSA) is 66.0 Å². The van der Waals surface area contributed by atoms with Gasteiger partial charge in [-0.05, 0) is 5.56 Å². The molecule has 4 heteroatoms. The molecule has 0 aliphatic heterocycles. The number of rotatable bonds is 4. The molecule has 1 heterocycles. The van der Waals surface area contributed by atoms with E-state index in [1.54, 1.807) is 12.4 Å². The van der Waals surface area contributed by atoms with E-state index in [0.717, 1.165) is 5.56 Å². The first-order valence-corrected chi connectivity index (χ1v) is 5.03. The zero-order valence-electron chi connectivity index (χ0n) is 8.63. The van der Waals surface area contributed by atoms with E-state index in [2.05, 4.69) is 9.97 Å². The van der Waals surface area contributed by atoms with Crippen LogP contribution in [0.15, 0.2) is 42.7 Å². The van der Waals surface area contributed by atoms with Gasteiger partial charge >= 0.3 is 5.97 Å². The summed E-state index contributed by atoms with van der Waals surface area (Å²) in [5, 5.41) is 8.90. The Hall–Kier alpha value is -2.10. The highest BCUT2D eigenvalue weighted by molar-refractivity contribution is 5.68. The summed E-state index contributed by atoms with van der Waals surface area (Å²) >= 11 is 0. The fourth-order valence-corrected chi connectivity index (χ4v) is 1.70. The molecule has 1 aromatic carbocycles. The Labute approximate surface area is 93.0 Å². The fourth-order valence-electron chi connectivity index (χ4n) is 1.70. The van der Waals surface area contributed by atoms with Gasteiger partial charge in [0.15, 0.2) is 0 Å². The zero-order chi connectivity index (χ0) is 11.4. The number of aromatic nitrogens is 2. The third-order valence-electron chi connectivity index (χ3n) is 2.43. The lowest BCUT2D eigenvalue weighted by molar-refractivity contribution is -0.137. The normalized spacial score (nSPS) is 12.2. The SMILES string of the molecule is O=C(O)C[C@@H](c1ccccc1)c1ncc[nH]1. The molecule has 0 aliphatic carbocycles. The Morgan fingerprint density at radius 2 is 2.12 bits per heavy atom. The van der Waals surface area contributed by atoms with Crippen LogP contribution in [0.25, 0.3) is 0 Å². The van der Waals surface area contributed by atoms with Crippen molar-refractivity contribution in [3.63, 3.8) is 0 Å². The maximum Gasteiger partial charge on any atom is 0.304 e. The van der Waals surface area contributed by atoms with Crippen LogP contribution in [0.2, 0.25) is 0 Å². The van der Waals surface area contributed by atoms with Crippen molar-refractivity contribution in [2.75, 3.05) is 0 Å². The number of hydrogen-bond acceptors (Lipinski definition) is 2. The van der Waals surface area contributed by atoms with Gasteiger partial charge in [0, 0.05) is 12.4 Å². The lowest BCUT2D eigenvalue weighted by atomic mass is 9.95. The first kappa shape index (κ1) is 10.4. The number of nitrogens with one attached hydrogen (secondary N) is 1. The minimum Gasteiger partial charge on any atom is -0.481 e. The van der Waals surface area contributed by atoms with Gasteiger partial charge in [0.2, 0.25) is 0 Å². The quantitative estimate of drug-likeness (QED) is 0.821. The van der Waals surface area contributed by atoms with Crippen molar-refractivity contribution in [1.29, 1.82) is 0 Å². The Bertz CT molecular complexity index is 451. The maximum absolute atomic E-state index is 10.8. The predicted octanol–water partition coefficient (Wildman–Crippen LogP) is 2.02. The van der Waals surface area contributed by atoms with Gasteiger partial charge in [0.05, 0.1) is 12.3 Å². The number of aromatic amines is 1. The number of nitrogens with zero attached hydrogens (tertiary/aromatic N) is 1.